The molecule has 4 rings (SSSR count). The molecular formula is C30H26Cl2N4O6. The van der Waals surface area contributed by atoms with Gasteiger partial charge in [0.2, 0.25) is 5.78 Å². The summed E-state index contributed by atoms with van der Waals surface area (Å²) in [6, 6.07) is 16.6. The number of aromatic nitrogens is 2. The number of hydrogen-bond acceptors (Lipinski definition) is 10. The topological polar surface area (TPSA) is 140 Å². The van der Waals surface area contributed by atoms with Crippen molar-refractivity contribution in [3.63, 3.8) is 0 Å². The van der Waals surface area contributed by atoms with Crippen LogP contribution in [-0.2, 0) is 14.3 Å². The van der Waals surface area contributed by atoms with Crippen LogP contribution in [0.3, 0.4) is 0 Å². The molecule has 12 heteroatoms. The number of anilines is 4. The molecule has 0 radical (unpaired) electrons. The number of aliphatic hydroxyl groups is 1. The fourth-order valence-corrected chi connectivity index (χ4v) is 4.07. The fraction of sp³-hybridized carbons (Fsp3) is 0.167. The SMILES string of the molecule is Cc1c(Cl)cccc1Nc1ncccc1C(=O)OCC(=O)C(O)COC(=O)c1cccnc1Nc1cccc(Cl)c1C. The normalized spacial score (nSPS) is 11.4. The second-order valence-corrected chi connectivity index (χ2v) is 9.85. The number of carbonyl (C=O) groups is 3. The summed E-state index contributed by atoms with van der Waals surface area (Å²) in [7, 11) is 0. The van der Waals surface area contributed by atoms with Crippen LogP contribution in [0.5, 0.6) is 0 Å². The summed E-state index contributed by atoms with van der Waals surface area (Å²) in [6.45, 7) is 2.21. The molecule has 0 aliphatic rings. The van der Waals surface area contributed by atoms with E-state index in [2.05, 4.69) is 20.6 Å². The molecule has 0 amide bonds. The van der Waals surface area contributed by atoms with Gasteiger partial charge in [0.05, 0.1) is 0 Å². The lowest BCUT2D eigenvalue weighted by Crippen LogP contribution is -2.31. The van der Waals surface area contributed by atoms with E-state index in [0.29, 0.717) is 21.4 Å². The number of ether oxygens (including phenoxy) is 2. The van der Waals surface area contributed by atoms with E-state index in [1.54, 1.807) is 42.5 Å². The zero-order valence-electron chi connectivity index (χ0n) is 22.6. The van der Waals surface area contributed by atoms with Gasteiger partial charge < -0.3 is 25.2 Å². The predicted octanol–water partition coefficient (Wildman–Crippen LogP) is 5.83. The van der Waals surface area contributed by atoms with Crippen molar-refractivity contribution in [2.75, 3.05) is 23.8 Å². The van der Waals surface area contributed by atoms with Crippen molar-refractivity contribution in [3.05, 3.63) is 105 Å². The molecule has 0 saturated heterocycles. The Labute approximate surface area is 251 Å². The first-order valence-electron chi connectivity index (χ1n) is 12.6. The zero-order valence-corrected chi connectivity index (χ0v) is 24.1. The van der Waals surface area contributed by atoms with E-state index in [9.17, 15) is 19.5 Å². The number of Topliss-reactive ketones (excluding diaryl/α,β-unsaturated/α-hetero) is 1. The van der Waals surface area contributed by atoms with Crippen LogP contribution >= 0.6 is 23.2 Å². The number of esters is 2. The lowest BCUT2D eigenvalue weighted by Gasteiger charge is -2.15. The number of nitrogens with zero attached hydrogens (tertiary/aromatic N) is 2. The average molecular weight is 609 g/mol. The average Bonchev–Trinajstić information content (AvgIpc) is 2.99. The summed E-state index contributed by atoms with van der Waals surface area (Å²) in [5.41, 5.74) is 2.94. The molecule has 42 heavy (non-hydrogen) atoms. The van der Waals surface area contributed by atoms with Gasteiger partial charge in [0.25, 0.3) is 0 Å². The second kappa shape index (κ2) is 13.9. The van der Waals surface area contributed by atoms with E-state index in [4.69, 9.17) is 32.7 Å². The predicted molar refractivity (Wildman–Crippen MR) is 159 cm³/mol. The Kier molecular flexibility index (Phi) is 10.1. The number of benzene rings is 2. The molecule has 3 N–H and O–H groups in total. The Bertz CT molecular complexity index is 1630. The molecule has 4 aromatic rings. The van der Waals surface area contributed by atoms with Crippen LogP contribution in [0.4, 0.5) is 23.0 Å². The van der Waals surface area contributed by atoms with Crippen molar-refractivity contribution in [2.24, 2.45) is 0 Å². The fourth-order valence-electron chi connectivity index (χ4n) is 3.72. The van der Waals surface area contributed by atoms with Crippen LogP contribution in [-0.4, -0.2) is 52.1 Å². The highest BCUT2D eigenvalue weighted by Crippen LogP contribution is 2.28. The highest BCUT2D eigenvalue weighted by atomic mass is 35.5. The largest absolute Gasteiger partial charge is 0.459 e. The summed E-state index contributed by atoms with van der Waals surface area (Å²) < 4.78 is 10.3. The van der Waals surface area contributed by atoms with Gasteiger partial charge in [0.15, 0.2) is 6.61 Å². The van der Waals surface area contributed by atoms with Crippen LogP contribution in [0, 0.1) is 13.8 Å². The first-order valence-corrected chi connectivity index (χ1v) is 13.4. The van der Waals surface area contributed by atoms with Gasteiger partial charge in [-0.05, 0) is 73.5 Å². The van der Waals surface area contributed by atoms with E-state index in [1.165, 1.54) is 30.6 Å². The van der Waals surface area contributed by atoms with Crippen molar-refractivity contribution in [1.82, 2.24) is 9.97 Å². The van der Waals surface area contributed by atoms with E-state index < -0.39 is 37.0 Å². The van der Waals surface area contributed by atoms with Crippen molar-refractivity contribution in [1.29, 1.82) is 0 Å². The van der Waals surface area contributed by atoms with Gasteiger partial charge in [0.1, 0.15) is 35.5 Å². The van der Waals surface area contributed by atoms with Gasteiger partial charge in [-0.25, -0.2) is 19.6 Å². The third-order valence-electron chi connectivity index (χ3n) is 6.19. The molecule has 0 aliphatic heterocycles. The molecule has 1 atom stereocenters. The second-order valence-electron chi connectivity index (χ2n) is 9.03. The third-order valence-corrected chi connectivity index (χ3v) is 7.01. The van der Waals surface area contributed by atoms with E-state index in [0.717, 1.165) is 11.1 Å². The summed E-state index contributed by atoms with van der Waals surface area (Å²) >= 11 is 12.3. The van der Waals surface area contributed by atoms with Gasteiger partial charge in [0, 0.05) is 33.8 Å². The van der Waals surface area contributed by atoms with Crippen LogP contribution in [0.1, 0.15) is 31.8 Å². The summed E-state index contributed by atoms with van der Waals surface area (Å²) in [5.74, 6) is -2.12. The first kappa shape index (κ1) is 30.4. The number of nitrogens with one attached hydrogen (secondary N) is 2. The maximum Gasteiger partial charge on any atom is 0.342 e. The van der Waals surface area contributed by atoms with Gasteiger partial charge in [-0.1, -0.05) is 35.3 Å². The molecule has 1 unspecified atom stereocenters. The number of rotatable bonds is 11. The van der Waals surface area contributed by atoms with Crippen LogP contribution in [0.15, 0.2) is 73.1 Å². The molecule has 2 heterocycles. The number of carbonyl (C=O) groups excluding carboxylic acids is 3. The van der Waals surface area contributed by atoms with Crippen LogP contribution < -0.4 is 10.6 Å². The molecule has 0 fully saturated rings. The van der Waals surface area contributed by atoms with E-state index in [1.807, 2.05) is 13.8 Å². The van der Waals surface area contributed by atoms with Crippen LogP contribution in [0.2, 0.25) is 10.0 Å². The van der Waals surface area contributed by atoms with E-state index in [-0.39, 0.29) is 22.8 Å². The minimum atomic E-state index is -1.73. The zero-order chi connectivity index (χ0) is 30.2. The minimum Gasteiger partial charge on any atom is -0.459 e. The molecule has 216 valence electrons. The number of halogens is 2. The molecule has 0 saturated carbocycles. The Morgan fingerprint density at radius 1 is 0.762 bits per heavy atom. The summed E-state index contributed by atoms with van der Waals surface area (Å²) in [4.78, 5) is 46.3. The Morgan fingerprint density at radius 3 is 1.74 bits per heavy atom. The van der Waals surface area contributed by atoms with Crippen LogP contribution in [0.25, 0.3) is 0 Å². The molecule has 0 spiro atoms. The van der Waals surface area contributed by atoms with Crippen molar-refractivity contribution in [2.45, 2.75) is 20.0 Å². The lowest BCUT2D eigenvalue weighted by atomic mass is 10.2. The van der Waals surface area contributed by atoms with Gasteiger partial charge >= 0.3 is 11.9 Å². The van der Waals surface area contributed by atoms with Gasteiger partial charge in [-0.15, -0.1) is 0 Å². The Hall–Kier alpha value is -4.51. The van der Waals surface area contributed by atoms with Crippen molar-refractivity contribution >= 4 is 63.9 Å². The molecule has 0 aliphatic carbocycles. The first-order chi connectivity index (χ1) is 20.2. The molecule has 0 bridgehead atoms. The van der Waals surface area contributed by atoms with Gasteiger partial charge in [-0.3, -0.25) is 4.79 Å². The highest BCUT2D eigenvalue weighted by Gasteiger charge is 2.23. The highest BCUT2D eigenvalue weighted by molar-refractivity contribution is 6.32. The summed E-state index contributed by atoms with van der Waals surface area (Å²) in [5, 5.41) is 17.4. The van der Waals surface area contributed by atoms with Crippen molar-refractivity contribution < 1.29 is 29.0 Å². The molecule has 10 nitrogen and oxygen atoms in total. The van der Waals surface area contributed by atoms with Crippen molar-refractivity contribution in [3.8, 4) is 0 Å². The molecular weight excluding hydrogens is 583 g/mol. The van der Waals surface area contributed by atoms with Gasteiger partial charge in [-0.2, -0.15) is 0 Å². The Morgan fingerprint density at radius 2 is 1.24 bits per heavy atom. The molecule has 2 aromatic heterocycles. The number of hydrogen-bond donors (Lipinski definition) is 3. The quantitative estimate of drug-likeness (QED) is 0.178. The van der Waals surface area contributed by atoms with E-state index >= 15 is 0 Å². The number of ketones is 1. The smallest absolute Gasteiger partial charge is 0.342 e. The maximum absolute atomic E-state index is 12.8. The summed E-state index contributed by atoms with van der Waals surface area (Å²) in [6.07, 6.45) is 1.25. The maximum atomic E-state index is 12.8. The minimum absolute atomic E-state index is 0.0668. The Balaban J connectivity index is 1.33. The number of pyridine rings is 2. The monoisotopic (exact) mass is 608 g/mol. The number of aliphatic hydroxyl groups excluding tert-OH is 1. The standard InChI is InChI=1S/C30H26Cl2N4O6/c1-17-21(31)9-3-11-23(17)35-27-19(7-5-13-33-27)29(39)41-15-25(37)26(38)16-42-30(40)20-8-6-14-34-28(20)36-24-12-4-10-22(32)18(24)2/h3-14,25,37H,15-16H2,1-2H3,(H,33,35)(H,34,36). The third kappa shape index (κ3) is 7.41. The molecule has 2 aromatic carbocycles. The lowest BCUT2D eigenvalue weighted by molar-refractivity contribution is -0.132.